The van der Waals surface area contributed by atoms with Crippen molar-refractivity contribution in [3.63, 3.8) is 0 Å². The van der Waals surface area contributed by atoms with E-state index in [9.17, 15) is 18.0 Å². The molecule has 0 aliphatic carbocycles. The van der Waals surface area contributed by atoms with Crippen molar-refractivity contribution >= 4 is 45.0 Å². The second-order valence-corrected chi connectivity index (χ2v) is 8.55. The van der Waals surface area contributed by atoms with Gasteiger partial charge in [-0.1, -0.05) is 25.1 Å². The number of carbonyl (C=O) groups excluding carboxylic acids is 2. The summed E-state index contributed by atoms with van der Waals surface area (Å²) in [6.45, 7) is 1.66. The summed E-state index contributed by atoms with van der Waals surface area (Å²) < 4.78 is 23.5. The summed E-state index contributed by atoms with van der Waals surface area (Å²) in [7, 11) is -3.90. The molecule has 9 heteroatoms. The third kappa shape index (κ3) is 4.32. The molecule has 0 radical (unpaired) electrons. The first-order chi connectivity index (χ1) is 12.8. The van der Waals surface area contributed by atoms with Crippen LogP contribution in [0, 0.1) is 0 Å². The fraction of sp³-hybridized carbons (Fsp3) is 0.222. The van der Waals surface area contributed by atoms with E-state index in [0.717, 1.165) is 4.90 Å². The van der Waals surface area contributed by atoms with Crippen LogP contribution in [0.3, 0.4) is 0 Å². The number of amides is 2. The molecule has 0 spiro atoms. The highest BCUT2D eigenvalue weighted by Crippen LogP contribution is 2.34. The van der Waals surface area contributed by atoms with Gasteiger partial charge in [0.25, 0.3) is 0 Å². The molecule has 0 fully saturated rings. The Morgan fingerprint density at radius 1 is 1.26 bits per heavy atom. The minimum absolute atomic E-state index is 0.0152. The average molecular weight is 406 g/mol. The van der Waals surface area contributed by atoms with Crippen LogP contribution in [0.25, 0.3) is 0 Å². The van der Waals surface area contributed by atoms with Gasteiger partial charge in [0.15, 0.2) is 0 Å². The topological polar surface area (TPSA) is 110 Å². The normalized spacial score (nSPS) is 14.0. The maximum Gasteiger partial charge on any atom is 0.244 e. The van der Waals surface area contributed by atoms with E-state index in [1.807, 2.05) is 25.1 Å². The van der Waals surface area contributed by atoms with E-state index in [4.69, 9.17) is 5.14 Å². The fourth-order valence-corrected chi connectivity index (χ4v) is 4.67. The van der Waals surface area contributed by atoms with E-state index >= 15 is 0 Å². The molecule has 0 bridgehead atoms. The SMILES string of the molecule is CCc1ccc(NC(=O)CN2C(=O)CSc3ccccc32)cc1S(N)(=O)=O. The van der Waals surface area contributed by atoms with Gasteiger partial charge in [0.05, 0.1) is 16.3 Å². The zero-order valence-electron chi connectivity index (χ0n) is 14.6. The van der Waals surface area contributed by atoms with Crippen LogP contribution >= 0.6 is 11.8 Å². The zero-order valence-corrected chi connectivity index (χ0v) is 16.3. The van der Waals surface area contributed by atoms with Gasteiger partial charge in [-0.3, -0.25) is 9.59 Å². The van der Waals surface area contributed by atoms with Gasteiger partial charge in [-0.2, -0.15) is 0 Å². The summed E-state index contributed by atoms with van der Waals surface area (Å²) in [5.41, 5.74) is 1.58. The van der Waals surface area contributed by atoms with Gasteiger partial charge in [0.2, 0.25) is 21.8 Å². The lowest BCUT2D eigenvalue weighted by atomic mass is 10.1. The van der Waals surface area contributed by atoms with E-state index in [0.29, 0.717) is 23.4 Å². The number of anilines is 2. The number of primary sulfonamides is 1. The van der Waals surface area contributed by atoms with Crippen molar-refractivity contribution in [3.8, 4) is 0 Å². The molecule has 142 valence electrons. The molecule has 1 aliphatic heterocycles. The number of carbonyl (C=O) groups is 2. The van der Waals surface area contributed by atoms with Crippen LogP contribution < -0.4 is 15.4 Å². The predicted octanol–water partition coefficient (Wildman–Crippen LogP) is 1.97. The highest BCUT2D eigenvalue weighted by Gasteiger charge is 2.26. The van der Waals surface area contributed by atoms with Crippen molar-refractivity contribution < 1.29 is 18.0 Å². The van der Waals surface area contributed by atoms with Gasteiger partial charge in [0.1, 0.15) is 6.54 Å². The van der Waals surface area contributed by atoms with Gasteiger partial charge in [0, 0.05) is 10.6 Å². The van der Waals surface area contributed by atoms with Crippen LogP contribution in [0.4, 0.5) is 11.4 Å². The molecule has 2 amide bonds. The summed E-state index contributed by atoms with van der Waals surface area (Å²) >= 11 is 1.44. The Bertz CT molecular complexity index is 1010. The van der Waals surface area contributed by atoms with E-state index in [2.05, 4.69) is 5.32 Å². The number of para-hydroxylation sites is 1. The van der Waals surface area contributed by atoms with Crippen molar-refractivity contribution in [3.05, 3.63) is 48.0 Å². The largest absolute Gasteiger partial charge is 0.324 e. The summed E-state index contributed by atoms with van der Waals surface area (Å²) in [6.07, 6.45) is 0.497. The van der Waals surface area contributed by atoms with Gasteiger partial charge in [-0.25, -0.2) is 13.6 Å². The number of hydrogen-bond acceptors (Lipinski definition) is 5. The number of sulfonamides is 1. The summed E-state index contributed by atoms with van der Waals surface area (Å²) in [4.78, 5) is 27.1. The minimum atomic E-state index is -3.90. The van der Waals surface area contributed by atoms with E-state index in [1.165, 1.54) is 22.7 Å². The number of rotatable bonds is 5. The highest BCUT2D eigenvalue weighted by atomic mass is 32.2. The van der Waals surface area contributed by atoms with Crippen LogP contribution in [0.15, 0.2) is 52.3 Å². The number of nitrogens with one attached hydrogen (secondary N) is 1. The van der Waals surface area contributed by atoms with Crippen LogP contribution in [0.5, 0.6) is 0 Å². The Hall–Kier alpha value is -2.36. The van der Waals surface area contributed by atoms with E-state index < -0.39 is 15.9 Å². The number of thioether (sulfide) groups is 1. The number of aryl methyl sites for hydroxylation is 1. The van der Waals surface area contributed by atoms with Gasteiger partial charge in [-0.15, -0.1) is 11.8 Å². The van der Waals surface area contributed by atoms with Crippen LogP contribution in [-0.4, -0.2) is 32.5 Å². The van der Waals surface area contributed by atoms with Crippen molar-refractivity contribution in [1.29, 1.82) is 0 Å². The Balaban J connectivity index is 1.80. The monoisotopic (exact) mass is 405 g/mol. The number of hydrogen-bond donors (Lipinski definition) is 2. The average Bonchev–Trinajstić information content (AvgIpc) is 2.63. The minimum Gasteiger partial charge on any atom is -0.324 e. The Morgan fingerprint density at radius 3 is 2.70 bits per heavy atom. The zero-order chi connectivity index (χ0) is 19.6. The maximum absolute atomic E-state index is 12.5. The Morgan fingerprint density at radius 2 is 2.00 bits per heavy atom. The number of benzene rings is 2. The Kier molecular flexibility index (Phi) is 5.54. The lowest BCUT2D eigenvalue weighted by Crippen LogP contribution is -2.41. The lowest BCUT2D eigenvalue weighted by Gasteiger charge is -2.28. The number of fused-ring (bicyclic) bond motifs is 1. The van der Waals surface area contributed by atoms with E-state index in [-0.39, 0.29) is 23.1 Å². The molecule has 7 nitrogen and oxygen atoms in total. The highest BCUT2D eigenvalue weighted by molar-refractivity contribution is 8.00. The van der Waals surface area contributed by atoms with Gasteiger partial charge in [-0.05, 0) is 36.2 Å². The molecule has 1 heterocycles. The number of nitrogens with zero attached hydrogens (tertiary/aromatic N) is 1. The molecule has 0 atom stereocenters. The standard InChI is InChI=1S/C18H19N3O4S2/c1-2-12-7-8-13(9-16(12)27(19,24)25)20-17(22)10-21-14-5-3-4-6-15(14)26-11-18(21)23/h3-9H,2,10-11H2,1H3,(H,20,22)(H2,19,24,25). The molecule has 1 aliphatic rings. The molecule has 0 unspecified atom stereocenters. The lowest BCUT2D eigenvalue weighted by molar-refractivity contribution is -0.120. The molecule has 3 rings (SSSR count). The molecular formula is C18H19N3O4S2. The number of nitrogens with two attached hydrogens (primary N) is 1. The molecule has 3 N–H and O–H groups in total. The van der Waals surface area contributed by atoms with Crippen molar-refractivity contribution in [1.82, 2.24) is 0 Å². The first-order valence-electron chi connectivity index (χ1n) is 8.27. The smallest absolute Gasteiger partial charge is 0.244 e. The summed E-state index contributed by atoms with van der Waals surface area (Å²) in [6, 6.07) is 12.0. The third-order valence-electron chi connectivity index (χ3n) is 4.15. The summed E-state index contributed by atoms with van der Waals surface area (Å²) in [5, 5.41) is 7.90. The third-order valence-corrected chi connectivity index (χ3v) is 6.19. The molecule has 2 aromatic carbocycles. The molecule has 0 saturated carbocycles. The molecule has 27 heavy (non-hydrogen) atoms. The second-order valence-electron chi connectivity index (χ2n) is 6.01. The second kappa shape index (κ2) is 7.71. The molecule has 0 saturated heterocycles. The van der Waals surface area contributed by atoms with Crippen molar-refractivity contribution in [2.75, 3.05) is 22.5 Å². The first-order valence-corrected chi connectivity index (χ1v) is 10.8. The van der Waals surface area contributed by atoms with Crippen LogP contribution in [0.1, 0.15) is 12.5 Å². The Labute approximate surface area is 162 Å². The van der Waals surface area contributed by atoms with Crippen molar-refractivity contribution in [2.24, 2.45) is 5.14 Å². The summed E-state index contributed by atoms with van der Waals surface area (Å²) in [5.74, 6) is -0.305. The quantitative estimate of drug-likeness (QED) is 0.790. The predicted molar refractivity (Wildman–Crippen MR) is 105 cm³/mol. The maximum atomic E-state index is 12.5. The van der Waals surface area contributed by atoms with E-state index in [1.54, 1.807) is 18.2 Å². The van der Waals surface area contributed by atoms with Crippen LogP contribution in [-0.2, 0) is 26.0 Å². The first kappa shape index (κ1) is 19.4. The molecular weight excluding hydrogens is 386 g/mol. The van der Waals surface area contributed by atoms with Crippen molar-refractivity contribution in [2.45, 2.75) is 23.1 Å². The molecule has 2 aromatic rings. The van der Waals surface area contributed by atoms with Gasteiger partial charge < -0.3 is 10.2 Å². The van der Waals surface area contributed by atoms with Crippen LogP contribution in [0.2, 0.25) is 0 Å². The van der Waals surface area contributed by atoms with Gasteiger partial charge >= 0.3 is 0 Å². The fourth-order valence-electron chi connectivity index (χ4n) is 2.86. The molecule has 0 aromatic heterocycles.